The number of hydrogen-bond donors (Lipinski definition) is 1. The first kappa shape index (κ1) is 16.0. The monoisotopic (exact) mass is 331 g/mol. The maximum Gasteiger partial charge on any atom is 0.233 e. The summed E-state index contributed by atoms with van der Waals surface area (Å²) in [7, 11) is 0. The highest BCUT2D eigenvalue weighted by Gasteiger charge is 2.27. The van der Waals surface area contributed by atoms with Gasteiger partial charge in [0, 0.05) is 30.5 Å². The normalized spacial score (nSPS) is 15.4. The fraction of sp³-hybridized carbons (Fsp3) is 0.500. The summed E-state index contributed by atoms with van der Waals surface area (Å²) in [6.45, 7) is 4.86. The molecular weight excluding hydrogens is 310 g/mol. The number of rotatable bonds is 7. The second kappa shape index (κ2) is 7.12. The summed E-state index contributed by atoms with van der Waals surface area (Å²) < 4.78 is 2.08. The fourth-order valence-corrected chi connectivity index (χ4v) is 3.16. The topological polar surface area (TPSA) is 72.7 Å². The predicted octanol–water partition coefficient (Wildman–Crippen LogP) is 2.51. The highest BCUT2D eigenvalue weighted by molar-refractivity contribution is 8.00. The third-order valence-electron chi connectivity index (χ3n) is 3.68. The molecule has 3 rings (SSSR count). The molecule has 1 fully saturated rings. The average Bonchev–Trinajstić information content (AvgIpc) is 3.29. The highest BCUT2D eigenvalue weighted by Crippen LogP contribution is 2.28. The first-order valence-corrected chi connectivity index (χ1v) is 8.87. The Morgan fingerprint density at radius 2 is 2.13 bits per heavy atom. The van der Waals surface area contributed by atoms with Crippen molar-refractivity contribution in [2.75, 3.05) is 0 Å². The third kappa shape index (κ3) is 3.90. The van der Waals surface area contributed by atoms with Crippen LogP contribution in [0.25, 0.3) is 11.4 Å². The quantitative estimate of drug-likeness (QED) is 0.789. The largest absolute Gasteiger partial charge is 0.352 e. The van der Waals surface area contributed by atoms with E-state index >= 15 is 0 Å². The number of aromatic nitrogens is 4. The molecule has 6 nitrogen and oxygen atoms in total. The molecule has 1 aliphatic carbocycles. The van der Waals surface area contributed by atoms with Crippen molar-refractivity contribution >= 4 is 17.7 Å². The second-order valence-electron chi connectivity index (χ2n) is 5.74. The lowest BCUT2D eigenvalue weighted by molar-refractivity contribution is -0.120. The molecule has 0 aromatic carbocycles. The van der Waals surface area contributed by atoms with E-state index in [0.29, 0.717) is 6.04 Å². The van der Waals surface area contributed by atoms with Crippen molar-refractivity contribution < 1.29 is 4.79 Å². The first-order valence-electron chi connectivity index (χ1n) is 7.99. The summed E-state index contributed by atoms with van der Waals surface area (Å²) in [5, 5.41) is 12.3. The van der Waals surface area contributed by atoms with Gasteiger partial charge in [-0.1, -0.05) is 18.7 Å². The summed E-state index contributed by atoms with van der Waals surface area (Å²) in [6.07, 6.45) is 6.67. The maximum absolute atomic E-state index is 12.1. The lowest BCUT2D eigenvalue weighted by atomic mass is 10.2. The first-order chi connectivity index (χ1) is 11.2. The molecule has 1 atom stereocenters. The number of amides is 1. The van der Waals surface area contributed by atoms with E-state index in [4.69, 9.17) is 0 Å². The number of hydrogen-bond acceptors (Lipinski definition) is 5. The summed E-state index contributed by atoms with van der Waals surface area (Å²) in [5.74, 6) is 0.903. The van der Waals surface area contributed by atoms with Crippen LogP contribution in [0.3, 0.4) is 0 Å². The molecule has 1 amide bonds. The number of carbonyl (C=O) groups excluding carboxylic acids is 1. The number of nitrogens with zero attached hydrogens (tertiary/aromatic N) is 4. The Balaban J connectivity index is 1.78. The second-order valence-corrected chi connectivity index (χ2v) is 7.04. The van der Waals surface area contributed by atoms with Gasteiger partial charge in [-0.15, -0.1) is 10.2 Å². The molecule has 0 bridgehead atoms. The van der Waals surface area contributed by atoms with Crippen LogP contribution in [0.2, 0.25) is 0 Å². The number of thioether (sulfide) groups is 1. The average molecular weight is 331 g/mol. The van der Waals surface area contributed by atoms with Gasteiger partial charge in [0.1, 0.15) is 0 Å². The van der Waals surface area contributed by atoms with Crippen LogP contribution in [0.4, 0.5) is 0 Å². The van der Waals surface area contributed by atoms with Crippen LogP contribution in [0.5, 0.6) is 0 Å². The molecule has 122 valence electrons. The predicted molar refractivity (Wildman–Crippen MR) is 90.0 cm³/mol. The van der Waals surface area contributed by atoms with Crippen LogP contribution in [0.1, 0.15) is 33.1 Å². The van der Waals surface area contributed by atoms with Gasteiger partial charge in [0.15, 0.2) is 11.0 Å². The van der Waals surface area contributed by atoms with E-state index in [1.54, 1.807) is 12.4 Å². The lowest BCUT2D eigenvalue weighted by Crippen LogP contribution is -2.32. The standard InChI is InChI=1S/C16H21N5OS/c1-3-10-21-14(12-6-8-17-9-7-12)19-20-16(21)23-11(2)15(22)18-13-4-5-13/h6-9,11,13H,3-5,10H2,1-2H3,(H,18,22)/t11-/m1/s1. The van der Waals surface area contributed by atoms with Crippen molar-refractivity contribution in [1.29, 1.82) is 0 Å². The van der Waals surface area contributed by atoms with Crippen molar-refractivity contribution in [2.45, 2.75) is 56.1 Å². The van der Waals surface area contributed by atoms with Gasteiger partial charge in [-0.05, 0) is 38.3 Å². The molecule has 2 heterocycles. The molecular formula is C16H21N5OS. The highest BCUT2D eigenvalue weighted by atomic mass is 32.2. The van der Waals surface area contributed by atoms with Gasteiger partial charge < -0.3 is 9.88 Å². The lowest BCUT2D eigenvalue weighted by Gasteiger charge is -2.13. The SMILES string of the molecule is CCCn1c(S[C@H](C)C(=O)NC2CC2)nnc1-c1ccncc1. The van der Waals surface area contributed by atoms with Crippen LogP contribution in [-0.4, -0.2) is 36.9 Å². The zero-order chi connectivity index (χ0) is 16.2. The molecule has 0 aliphatic heterocycles. The number of nitrogens with one attached hydrogen (secondary N) is 1. The molecule has 0 spiro atoms. The van der Waals surface area contributed by atoms with E-state index in [1.807, 2.05) is 19.1 Å². The van der Waals surface area contributed by atoms with Gasteiger partial charge in [0.25, 0.3) is 0 Å². The smallest absolute Gasteiger partial charge is 0.233 e. The molecule has 2 aromatic heterocycles. The minimum absolute atomic E-state index is 0.0778. The summed E-state index contributed by atoms with van der Waals surface area (Å²) in [5.41, 5.74) is 0.989. The molecule has 1 aliphatic rings. The van der Waals surface area contributed by atoms with Crippen molar-refractivity contribution in [3.8, 4) is 11.4 Å². The van der Waals surface area contributed by atoms with Crippen molar-refractivity contribution in [1.82, 2.24) is 25.1 Å². The van der Waals surface area contributed by atoms with Crippen LogP contribution < -0.4 is 5.32 Å². The third-order valence-corrected chi connectivity index (χ3v) is 4.76. The van der Waals surface area contributed by atoms with Gasteiger partial charge >= 0.3 is 0 Å². The van der Waals surface area contributed by atoms with Gasteiger partial charge in [0.05, 0.1) is 5.25 Å². The minimum Gasteiger partial charge on any atom is -0.352 e. The number of carbonyl (C=O) groups is 1. The number of pyridine rings is 1. The van der Waals surface area contributed by atoms with Crippen molar-refractivity contribution in [2.24, 2.45) is 0 Å². The van der Waals surface area contributed by atoms with E-state index < -0.39 is 0 Å². The Bertz CT molecular complexity index is 668. The van der Waals surface area contributed by atoms with Crippen LogP contribution >= 0.6 is 11.8 Å². The maximum atomic E-state index is 12.1. The molecule has 2 aromatic rings. The van der Waals surface area contributed by atoms with E-state index in [-0.39, 0.29) is 11.2 Å². The van der Waals surface area contributed by atoms with E-state index in [1.165, 1.54) is 11.8 Å². The Morgan fingerprint density at radius 3 is 2.78 bits per heavy atom. The molecule has 0 radical (unpaired) electrons. The van der Waals surface area contributed by atoms with E-state index in [2.05, 4.69) is 32.0 Å². The van der Waals surface area contributed by atoms with E-state index in [0.717, 1.165) is 42.4 Å². The Kier molecular flexibility index (Phi) is 4.95. The van der Waals surface area contributed by atoms with E-state index in [9.17, 15) is 4.79 Å². The van der Waals surface area contributed by atoms with Crippen LogP contribution in [-0.2, 0) is 11.3 Å². The molecule has 7 heteroatoms. The van der Waals surface area contributed by atoms with Gasteiger partial charge in [-0.2, -0.15) is 0 Å². The van der Waals surface area contributed by atoms with Crippen LogP contribution in [0, 0.1) is 0 Å². The molecule has 0 unspecified atom stereocenters. The summed E-state index contributed by atoms with van der Waals surface area (Å²) in [4.78, 5) is 16.2. The molecule has 0 saturated heterocycles. The Hall–Kier alpha value is -1.89. The fourth-order valence-electron chi connectivity index (χ4n) is 2.27. The zero-order valence-corrected chi connectivity index (χ0v) is 14.2. The van der Waals surface area contributed by atoms with Crippen LogP contribution in [0.15, 0.2) is 29.7 Å². The zero-order valence-electron chi connectivity index (χ0n) is 13.4. The summed E-state index contributed by atoms with van der Waals surface area (Å²) in [6, 6.07) is 4.23. The molecule has 1 N–H and O–H groups in total. The van der Waals surface area contributed by atoms with Gasteiger partial charge in [-0.25, -0.2) is 0 Å². The van der Waals surface area contributed by atoms with Gasteiger partial charge in [0.2, 0.25) is 5.91 Å². The molecule has 23 heavy (non-hydrogen) atoms. The van der Waals surface area contributed by atoms with Crippen molar-refractivity contribution in [3.63, 3.8) is 0 Å². The Labute approximate surface area is 140 Å². The van der Waals surface area contributed by atoms with Gasteiger partial charge in [-0.3, -0.25) is 9.78 Å². The summed E-state index contributed by atoms with van der Waals surface area (Å²) >= 11 is 1.47. The Morgan fingerprint density at radius 1 is 1.39 bits per heavy atom. The molecule has 1 saturated carbocycles. The minimum atomic E-state index is -0.180. The van der Waals surface area contributed by atoms with Crippen molar-refractivity contribution in [3.05, 3.63) is 24.5 Å².